The van der Waals surface area contributed by atoms with E-state index in [0.717, 1.165) is 58.0 Å². The minimum Gasteiger partial charge on any atom is -0.678 e. The molecule has 0 spiro atoms. The van der Waals surface area contributed by atoms with Crippen molar-refractivity contribution in [3.8, 4) is 0 Å². The van der Waals surface area contributed by atoms with Gasteiger partial charge in [-0.15, -0.1) is 38.5 Å². The number of rotatable bonds is 15. The summed E-state index contributed by atoms with van der Waals surface area (Å²) in [4.78, 5) is 68.6. The van der Waals surface area contributed by atoms with Crippen molar-refractivity contribution in [2.75, 3.05) is 13.7 Å². The normalized spacial score (nSPS) is 20.6. The van der Waals surface area contributed by atoms with E-state index >= 15 is 0 Å². The Kier molecular flexibility index (Phi) is 14.8. The van der Waals surface area contributed by atoms with Gasteiger partial charge in [-0.2, -0.15) is 0 Å². The van der Waals surface area contributed by atoms with Crippen molar-refractivity contribution in [1.29, 1.82) is 0 Å². The van der Waals surface area contributed by atoms with Crippen molar-refractivity contribution < 1.29 is 28.7 Å². The van der Waals surface area contributed by atoms with Gasteiger partial charge in [-0.3, -0.25) is 19.2 Å². The number of carbonyl (C=O) groups is 4. The van der Waals surface area contributed by atoms with E-state index in [2.05, 4.69) is 27.7 Å². The van der Waals surface area contributed by atoms with Gasteiger partial charge in [-0.25, -0.2) is 0 Å². The monoisotopic (exact) mass is 796 g/mol. The Morgan fingerprint density at radius 1 is 0.897 bits per heavy atom. The summed E-state index contributed by atoms with van der Waals surface area (Å²) < 4.78 is 10.9. The minimum absolute atomic E-state index is 0. The van der Waals surface area contributed by atoms with E-state index in [0.29, 0.717) is 69.3 Å². The molecule has 0 aromatic carbocycles. The number of hydrogen-bond acceptors (Lipinski definition) is 6. The van der Waals surface area contributed by atoms with Crippen molar-refractivity contribution in [3.05, 3.63) is 94.4 Å². The van der Waals surface area contributed by atoms with Gasteiger partial charge in [-0.1, -0.05) is 110 Å². The topological polar surface area (TPSA) is 143 Å². The Labute approximate surface area is 357 Å². The third kappa shape index (κ3) is 8.67. The molecular weight excluding hydrogens is 741 g/mol. The number of aldehydes is 1. The van der Waals surface area contributed by atoms with Crippen LogP contribution in [-0.4, -0.2) is 66.8 Å². The molecule has 3 aliphatic rings. The number of hydrogen-bond donors (Lipinski definition) is 0. The first-order valence-corrected chi connectivity index (χ1v) is 20.6. The molecule has 3 aromatic heterocycles. The van der Waals surface area contributed by atoms with Gasteiger partial charge < -0.3 is 29.7 Å². The maximum absolute atomic E-state index is 14.3. The molecule has 0 N–H and O–H groups in total. The molecule has 8 bridgehead atoms. The largest absolute Gasteiger partial charge is 2.00 e. The number of Topliss-reactive ketones (excluding diaryl/α,β-unsaturated/α-hetero) is 1. The van der Waals surface area contributed by atoms with Gasteiger partial charge in [0.1, 0.15) is 18.8 Å². The van der Waals surface area contributed by atoms with Gasteiger partial charge in [-0.05, 0) is 77.7 Å². The van der Waals surface area contributed by atoms with Crippen LogP contribution in [0.3, 0.4) is 0 Å². The van der Waals surface area contributed by atoms with Crippen LogP contribution >= 0.6 is 0 Å². The van der Waals surface area contributed by atoms with Crippen LogP contribution in [0.5, 0.6) is 0 Å². The second-order valence-electron chi connectivity index (χ2n) is 15.9. The maximum Gasteiger partial charge on any atom is 2.00 e. The summed E-state index contributed by atoms with van der Waals surface area (Å²) in [6.45, 7) is 16.7. The van der Waals surface area contributed by atoms with E-state index in [9.17, 15) is 19.2 Å². The SMILES string of the molecule is CCC[C@@H](C)CCC/C(C)=C\COC(=O)CC[C@H]1C(C)=C2/C=c3\[n-]/c(c(CC)c3C)=C\c3[n-]c(c(CC)c3C=O)/C=c3\[n-]c4c(c3C)C(=O)[C@H](C(=O)OC)C=4C1[N-]2.[Mg+2]. The summed E-state index contributed by atoms with van der Waals surface area (Å²) >= 11 is 0. The van der Waals surface area contributed by atoms with Gasteiger partial charge in [0, 0.05) is 17.5 Å². The standard InChI is InChI=1S/C47H57N4O6.Mg/c1-10-14-25(4)15-13-16-26(5)19-20-57-40(53)18-17-32-28(7)35-21-34-27(6)30(11-2)37(48-34)23-39-33(24-52)31(12-3)38(49-39)22-36-29(8)41-45(51-36)42(44(32)50-35)43(46(41)54)47(55)56-9;/h19,21-25,32,43-44H,10-18,20H2,1-9H3,(H-,48,49,52,54);/q-3;+2/p-1/b26-19-,34-21-;/t25-,32+,43-,44?;/m1./s1. The number of nitrogens with zero attached hydrogens (tertiary/aromatic N) is 4. The quantitative estimate of drug-likeness (QED) is 0.0694. The predicted octanol–water partition coefficient (Wildman–Crippen LogP) is 4.84. The van der Waals surface area contributed by atoms with Crippen molar-refractivity contribution in [1.82, 2.24) is 15.0 Å². The molecular formula is C47H56MgN4O6-2. The Balaban J connectivity index is 0.00000641. The van der Waals surface area contributed by atoms with E-state index in [-0.39, 0.29) is 53.8 Å². The Morgan fingerprint density at radius 3 is 2.28 bits per heavy atom. The van der Waals surface area contributed by atoms with Gasteiger partial charge in [0.15, 0.2) is 5.78 Å². The predicted molar refractivity (Wildman–Crippen MR) is 227 cm³/mol. The van der Waals surface area contributed by atoms with Gasteiger partial charge in [0.05, 0.1) is 7.11 Å². The number of carbonyl (C=O) groups excluding carboxylic acids is 4. The van der Waals surface area contributed by atoms with E-state index in [1.807, 2.05) is 52.0 Å². The molecule has 0 amide bonds. The number of fused-ring (bicyclic) bond motifs is 8. The fourth-order valence-corrected chi connectivity index (χ4v) is 8.98. The summed E-state index contributed by atoms with van der Waals surface area (Å²) in [5.41, 5.74) is 8.69. The first kappa shape index (κ1) is 44.7. The maximum atomic E-state index is 14.3. The van der Waals surface area contributed by atoms with Crippen LogP contribution in [0.1, 0.15) is 141 Å². The summed E-state index contributed by atoms with van der Waals surface area (Å²) in [5.74, 6) is -2.22. The van der Waals surface area contributed by atoms with Gasteiger partial charge in [0.2, 0.25) is 0 Å². The zero-order valence-electron chi connectivity index (χ0n) is 35.7. The van der Waals surface area contributed by atoms with Crippen LogP contribution in [0.25, 0.3) is 29.1 Å². The molecule has 5 heterocycles. The van der Waals surface area contributed by atoms with Crippen LogP contribution in [0.2, 0.25) is 0 Å². The van der Waals surface area contributed by atoms with Crippen molar-refractivity contribution in [2.45, 2.75) is 119 Å². The molecule has 0 fully saturated rings. The molecule has 0 saturated carbocycles. The van der Waals surface area contributed by atoms with E-state index in [1.54, 1.807) is 0 Å². The number of ether oxygens (including phenoxy) is 2. The van der Waals surface area contributed by atoms with E-state index in [1.165, 1.54) is 31.9 Å². The molecule has 4 atom stereocenters. The molecule has 1 aliphatic carbocycles. The molecule has 0 radical (unpaired) electrons. The van der Waals surface area contributed by atoms with Crippen molar-refractivity contribution in [2.24, 2.45) is 17.8 Å². The second-order valence-corrected chi connectivity index (χ2v) is 15.9. The Hall–Kier alpha value is -4.35. The first-order chi connectivity index (χ1) is 27.4. The third-order valence-corrected chi connectivity index (χ3v) is 12.3. The zero-order chi connectivity index (χ0) is 41.1. The molecule has 2 aliphatic heterocycles. The molecule has 10 nitrogen and oxygen atoms in total. The van der Waals surface area contributed by atoms with Crippen molar-refractivity contribution in [3.63, 3.8) is 0 Å². The van der Waals surface area contributed by atoms with Crippen LogP contribution in [-0.2, 0) is 31.9 Å². The number of esters is 2. The fourth-order valence-electron chi connectivity index (χ4n) is 8.98. The molecule has 1 unspecified atom stereocenters. The molecule has 6 rings (SSSR count). The average Bonchev–Trinajstić information content (AvgIpc) is 3.94. The van der Waals surface area contributed by atoms with Crippen LogP contribution in [0, 0.1) is 31.6 Å². The number of aromatic nitrogens is 3. The van der Waals surface area contributed by atoms with Crippen LogP contribution in [0.4, 0.5) is 0 Å². The Morgan fingerprint density at radius 2 is 1.60 bits per heavy atom. The van der Waals surface area contributed by atoms with Crippen LogP contribution in [0.15, 0.2) is 22.9 Å². The molecule has 3 aromatic rings. The number of allylic oxidation sites excluding steroid dienone is 2. The zero-order valence-corrected chi connectivity index (χ0v) is 37.1. The number of methoxy groups -OCH3 is 1. The fraction of sp³-hybridized carbons (Fsp3) is 0.489. The smallest absolute Gasteiger partial charge is 0.678 e. The average molecular weight is 797 g/mol. The summed E-state index contributed by atoms with van der Waals surface area (Å²) in [6, 6.07) is -0.672. The third-order valence-electron chi connectivity index (χ3n) is 12.3. The summed E-state index contributed by atoms with van der Waals surface area (Å²) in [6.07, 6.45) is 16.0. The second kappa shape index (κ2) is 19.1. The van der Waals surface area contributed by atoms with Gasteiger partial charge >= 0.3 is 35.0 Å². The van der Waals surface area contributed by atoms with E-state index < -0.39 is 17.9 Å². The molecule has 58 heavy (non-hydrogen) atoms. The minimum atomic E-state index is -1.23. The molecule has 0 saturated heterocycles. The number of ketones is 1. The molecule has 11 heteroatoms. The Bertz CT molecular complexity index is 2410. The van der Waals surface area contributed by atoms with Crippen molar-refractivity contribution >= 4 is 70.9 Å². The summed E-state index contributed by atoms with van der Waals surface area (Å²) in [7, 11) is 1.28. The van der Waals surface area contributed by atoms with Gasteiger partial charge in [0.25, 0.3) is 0 Å². The first-order valence-electron chi connectivity index (χ1n) is 20.6. The van der Waals surface area contributed by atoms with E-state index in [4.69, 9.17) is 29.7 Å². The van der Waals surface area contributed by atoms with Crippen LogP contribution < -0.4 is 36.3 Å². The molecule has 304 valence electrons. The summed E-state index contributed by atoms with van der Waals surface area (Å²) in [5, 5.41) is 7.66.